The molecule has 0 aliphatic rings. The van der Waals surface area contributed by atoms with Gasteiger partial charge in [0.1, 0.15) is 0 Å². The van der Waals surface area contributed by atoms with E-state index in [1.807, 2.05) is 0 Å². The van der Waals surface area contributed by atoms with Crippen molar-refractivity contribution in [3.8, 4) is 5.75 Å². The molecule has 0 saturated carbocycles. The van der Waals surface area contributed by atoms with Gasteiger partial charge >= 0.3 is 0 Å². The zero-order valence-corrected chi connectivity index (χ0v) is 9.52. The molecular formula is C7H8BrNO3S. The van der Waals surface area contributed by atoms with E-state index in [-0.39, 0.29) is 10.8 Å². The lowest BCUT2D eigenvalue weighted by molar-refractivity contribution is 0.398. The molecule has 1 aromatic heterocycles. The molecule has 0 amide bonds. The first-order valence-electron chi connectivity index (χ1n) is 3.34. The van der Waals surface area contributed by atoms with Gasteiger partial charge in [0.2, 0.25) is 0 Å². The largest absolute Gasteiger partial charge is 0.494 e. The fraction of sp³-hybridized carbons (Fsp3) is 0.286. The van der Waals surface area contributed by atoms with Crippen LogP contribution in [-0.4, -0.2) is 26.8 Å². The van der Waals surface area contributed by atoms with Crippen molar-refractivity contribution in [2.75, 3.05) is 13.4 Å². The SMILES string of the molecule is COc1cc(Br)cnc1S(C)(=O)=O. The van der Waals surface area contributed by atoms with Crippen LogP contribution in [0.1, 0.15) is 0 Å². The summed E-state index contributed by atoms with van der Waals surface area (Å²) in [7, 11) is -1.92. The third kappa shape index (κ3) is 2.41. The second kappa shape index (κ2) is 3.63. The topological polar surface area (TPSA) is 56.3 Å². The lowest BCUT2D eigenvalue weighted by Crippen LogP contribution is -2.03. The molecule has 0 unspecified atom stereocenters. The van der Waals surface area contributed by atoms with Crippen molar-refractivity contribution in [1.29, 1.82) is 0 Å². The molecule has 1 heterocycles. The average molecular weight is 266 g/mol. The van der Waals surface area contributed by atoms with Crippen LogP contribution in [0.3, 0.4) is 0 Å². The minimum Gasteiger partial charge on any atom is -0.494 e. The van der Waals surface area contributed by atoms with E-state index in [2.05, 4.69) is 20.9 Å². The van der Waals surface area contributed by atoms with E-state index in [0.29, 0.717) is 4.47 Å². The summed E-state index contributed by atoms with van der Waals surface area (Å²) in [6.45, 7) is 0. The van der Waals surface area contributed by atoms with Gasteiger partial charge in [0, 0.05) is 16.9 Å². The highest BCUT2D eigenvalue weighted by molar-refractivity contribution is 9.10. The lowest BCUT2D eigenvalue weighted by atomic mass is 10.5. The van der Waals surface area contributed by atoms with Crippen LogP contribution in [0.25, 0.3) is 0 Å². The quantitative estimate of drug-likeness (QED) is 0.808. The molecule has 0 bridgehead atoms. The van der Waals surface area contributed by atoms with E-state index in [1.54, 1.807) is 6.07 Å². The molecule has 6 heteroatoms. The van der Waals surface area contributed by atoms with Gasteiger partial charge in [-0.15, -0.1) is 0 Å². The number of hydrogen-bond donors (Lipinski definition) is 0. The van der Waals surface area contributed by atoms with Crippen molar-refractivity contribution in [1.82, 2.24) is 4.98 Å². The molecule has 4 nitrogen and oxygen atoms in total. The summed E-state index contributed by atoms with van der Waals surface area (Å²) in [4.78, 5) is 3.76. The van der Waals surface area contributed by atoms with Crippen LogP contribution in [0, 0.1) is 0 Å². The first-order valence-corrected chi connectivity index (χ1v) is 6.03. The fourth-order valence-corrected chi connectivity index (χ4v) is 1.90. The van der Waals surface area contributed by atoms with Gasteiger partial charge in [0.05, 0.1) is 7.11 Å². The summed E-state index contributed by atoms with van der Waals surface area (Å²) in [5.74, 6) is 0.247. The van der Waals surface area contributed by atoms with Crippen molar-refractivity contribution in [2.45, 2.75) is 5.03 Å². The Balaban J connectivity index is 3.39. The fourth-order valence-electron chi connectivity index (χ4n) is 0.833. The van der Waals surface area contributed by atoms with Gasteiger partial charge in [-0.3, -0.25) is 0 Å². The number of methoxy groups -OCH3 is 1. The van der Waals surface area contributed by atoms with Gasteiger partial charge in [-0.2, -0.15) is 0 Å². The van der Waals surface area contributed by atoms with Crippen molar-refractivity contribution in [3.63, 3.8) is 0 Å². The van der Waals surface area contributed by atoms with Crippen LogP contribution >= 0.6 is 15.9 Å². The van der Waals surface area contributed by atoms with E-state index in [1.165, 1.54) is 13.3 Å². The molecule has 1 rings (SSSR count). The minimum atomic E-state index is -3.32. The average Bonchev–Trinajstić information content (AvgIpc) is 2.01. The second-order valence-corrected chi connectivity index (χ2v) is 5.28. The lowest BCUT2D eigenvalue weighted by Gasteiger charge is -2.04. The number of aromatic nitrogens is 1. The highest BCUT2D eigenvalue weighted by atomic mass is 79.9. The van der Waals surface area contributed by atoms with Gasteiger partial charge < -0.3 is 4.74 Å². The van der Waals surface area contributed by atoms with Crippen molar-refractivity contribution in [2.24, 2.45) is 0 Å². The molecule has 0 aliphatic carbocycles. The molecule has 13 heavy (non-hydrogen) atoms. The summed E-state index contributed by atoms with van der Waals surface area (Å²) in [5.41, 5.74) is 0. The number of rotatable bonds is 2. The van der Waals surface area contributed by atoms with Crippen LogP contribution in [-0.2, 0) is 9.84 Å². The molecule has 72 valence electrons. The summed E-state index contributed by atoms with van der Waals surface area (Å²) in [6.07, 6.45) is 2.50. The molecule has 0 aromatic carbocycles. The maximum Gasteiger partial charge on any atom is 0.197 e. The zero-order chi connectivity index (χ0) is 10.1. The molecular weight excluding hydrogens is 258 g/mol. The molecule has 0 atom stereocenters. The van der Waals surface area contributed by atoms with Crippen LogP contribution < -0.4 is 4.74 Å². The van der Waals surface area contributed by atoms with Crippen LogP contribution in [0.2, 0.25) is 0 Å². The Labute approximate surface area is 85.0 Å². The van der Waals surface area contributed by atoms with Gasteiger partial charge in [0.25, 0.3) is 0 Å². The maximum atomic E-state index is 11.2. The van der Waals surface area contributed by atoms with Crippen LogP contribution in [0.15, 0.2) is 21.8 Å². The Kier molecular flexibility index (Phi) is 2.92. The molecule has 0 radical (unpaired) electrons. The van der Waals surface area contributed by atoms with Crippen LogP contribution in [0.4, 0.5) is 0 Å². The number of hydrogen-bond acceptors (Lipinski definition) is 4. The Bertz CT molecular complexity index is 416. The van der Waals surface area contributed by atoms with Crippen molar-refractivity contribution >= 4 is 25.8 Å². The minimum absolute atomic E-state index is 0.0433. The summed E-state index contributed by atoms with van der Waals surface area (Å²) in [5, 5.41) is -0.0433. The van der Waals surface area contributed by atoms with E-state index in [4.69, 9.17) is 4.74 Å². The monoisotopic (exact) mass is 265 g/mol. The highest BCUT2D eigenvalue weighted by Gasteiger charge is 2.15. The molecule has 0 aliphatic heterocycles. The highest BCUT2D eigenvalue weighted by Crippen LogP contribution is 2.24. The first kappa shape index (κ1) is 10.5. The normalized spacial score (nSPS) is 11.3. The number of sulfone groups is 1. The van der Waals surface area contributed by atoms with Crippen molar-refractivity contribution < 1.29 is 13.2 Å². The second-order valence-electron chi connectivity index (χ2n) is 2.43. The van der Waals surface area contributed by atoms with Gasteiger partial charge in [-0.1, -0.05) is 0 Å². The summed E-state index contributed by atoms with van der Waals surface area (Å²) < 4.78 is 27.9. The van der Waals surface area contributed by atoms with E-state index in [9.17, 15) is 8.42 Å². The molecule has 0 saturated heterocycles. The predicted molar refractivity (Wildman–Crippen MR) is 51.6 cm³/mol. The summed E-state index contributed by atoms with van der Waals surface area (Å²) >= 11 is 3.17. The summed E-state index contributed by atoms with van der Waals surface area (Å²) in [6, 6.07) is 1.56. The standard InChI is InChI=1S/C7H8BrNO3S/c1-12-6-3-5(8)4-9-7(6)13(2,10)11/h3-4H,1-2H3. The Morgan fingerprint density at radius 2 is 2.15 bits per heavy atom. The van der Waals surface area contributed by atoms with Gasteiger partial charge in [0.15, 0.2) is 20.6 Å². The number of nitrogens with zero attached hydrogens (tertiary/aromatic N) is 1. The number of halogens is 1. The molecule has 0 spiro atoms. The number of ether oxygens (including phenoxy) is 1. The van der Waals surface area contributed by atoms with Crippen LogP contribution in [0.5, 0.6) is 5.75 Å². The molecule has 1 aromatic rings. The first-order chi connectivity index (χ1) is 5.95. The van der Waals surface area contributed by atoms with Gasteiger partial charge in [-0.25, -0.2) is 13.4 Å². The Hall–Kier alpha value is -0.620. The maximum absolute atomic E-state index is 11.2. The van der Waals surface area contributed by atoms with E-state index in [0.717, 1.165) is 6.26 Å². The molecule has 0 N–H and O–H groups in total. The third-order valence-electron chi connectivity index (χ3n) is 1.36. The van der Waals surface area contributed by atoms with E-state index < -0.39 is 9.84 Å². The zero-order valence-electron chi connectivity index (χ0n) is 7.11. The molecule has 0 fully saturated rings. The Morgan fingerprint density at radius 3 is 2.62 bits per heavy atom. The smallest absolute Gasteiger partial charge is 0.197 e. The predicted octanol–water partition coefficient (Wildman–Crippen LogP) is 1.26. The Morgan fingerprint density at radius 1 is 1.54 bits per heavy atom. The third-order valence-corrected chi connectivity index (χ3v) is 2.80. The van der Waals surface area contributed by atoms with Crippen molar-refractivity contribution in [3.05, 3.63) is 16.7 Å². The van der Waals surface area contributed by atoms with E-state index >= 15 is 0 Å². The van der Waals surface area contributed by atoms with Gasteiger partial charge in [-0.05, 0) is 22.0 Å². The number of pyridine rings is 1.